The Balaban J connectivity index is 2.34. The number of amides is 4. The van der Waals surface area contributed by atoms with E-state index in [1.807, 2.05) is 6.92 Å². The second-order valence-electron chi connectivity index (χ2n) is 4.73. The number of imide groups is 1. The summed E-state index contributed by atoms with van der Waals surface area (Å²) in [4.78, 5) is 44.6. The van der Waals surface area contributed by atoms with Gasteiger partial charge in [-0.2, -0.15) is 0 Å². The smallest absolute Gasteiger partial charge is 0.315 e. The Morgan fingerprint density at radius 3 is 2.70 bits per heavy atom. The molecule has 0 aromatic carbocycles. The number of hydrogen-bond acceptors (Lipinski definition) is 4. The van der Waals surface area contributed by atoms with Gasteiger partial charge >= 0.3 is 12.0 Å². The molecule has 0 aromatic rings. The quantitative estimate of drug-likeness (QED) is 0.494. The Morgan fingerprint density at radius 1 is 1.45 bits per heavy atom. The van der Waals surface area contributed by atoms with E-state index in [0.29, 0.717) is 6.42 Å². The largest absolute Gasteiger partial charge is 0.481 e. The van der Waals surface area contributed by atoms with Crippen LogP contribution >= 0.6 is 0 Å². The molecule has 1 aliphatic heterocycles. The van der Waals surface area contributed by atoms with Crippen molar-refractivity contribution >= 4 is 23.8 Å². The number of carbonyl (C=O) groups excluding carboxylic acids is 3. The molecule has 1 rings (SSSR count). The molecule has 2 atom stereocenters. The number of aliphatic carboxylic acids is 1. The summed E-state index contributed by atoms with van der Waals surface area (Å²) in [5.74, 6) is -1.93. The summed E-state index contributed by atoms with van der Waals surface area (Å²) in [7, 11) is 0. The van der Waals surface area contributed by atoms with E-state index in [2.05, 4.69) is 16.0 Å². The standard InChI is InChI=1S/C12H19N3O5/c1-2-7(5-10(17)18)6-13-12(20)14-8-3-4-9(16)15-11(8)19/h7-8H,2-6H2,1H3,(H,17,18)(H2,13,14,20)(H,15,16,19). The van der Waals surface area contributed by atoms with Crippen LogP contribution in [0.1, 0.15) is 32.6 Å². The van der Waals surface area contributed by atoms with Crippen LogP contribution in [0.3, 0.4) is 0 Å². The van der Waals surface area contributed by atoms with Gasteiger partial charge in [0.2, 0.25) is 11.8 Å². The van der Waals surface area contributed by atoms with E-state index in [1.54, 1.807) is 0 Å². The minimum atomic E-state index is -0.913. The van der Waals surface area contributed by atoms with Gasteiger partial charge in [0.25, 0.3) is 0 Å². The number of carbonyl (C=O) groups is 4. The van der Waals surface area contributed by atoms with Gasteiger partial charge in [-0.25, -0.2) is 4.79 Å². The van der Waals surface area contributed by atoms with Crippen LogP contribution in [0.15, 0.2) is 0 Å². The van der Waals surface area contributed by atoms with Crippen molar-refractivity contribution in [3.05, 3.63) is 0 Å². The minimum absolute atomic E-state index is 0.0187. The molecule has 1 saturated heterocycles. The zero-order valence-corrected chi connectivity index (χ0v) is 11.3. The molecule has 0 aliphatic carbocycles. The highest BCUT2D eigenvalue weighted by Gasteiger charge is 2.27. The normalized spacial score (nSPS) is 19.9. The van der Waals surface area contributed by atoms with E-state index in [-0.39, 0.29) is 37.6 Å². The summed E-state index contributed by atoms with van der Waals surface area (Å²) in [6.07, 6.45) is 1.07. The molecule has 4 amide bonds. The second-order valence-corrected chi connectivity index (χ2v) is 4.73. The lowest BCUT2D eigenvalue weighted by molar-refractivity contribution is -0.138. The fourth-order valence-electron chi connectivity index (χ4n) is 1.89. The van der Waals surface area contributed by atoms with Crippen LogP contribution in [0.25, 0.3) is 0 Å². The monoisotopic (exact) mass is 285 g/mol. The number of hydrogen-bond donors (Lipinski definition) is 4. The lowest BCUT2D eigenvalue weighted by Gasteiger charge is -2.22. The summed E-state index contributed by atoms with van der Waals surface area (Å²) >= 11 is 0. The van der Waals surface area contributed by atoms with Gasteiger partial charge in [0.05, 0.1) is 0 Å². The number of nitrogens with one attached hydrogen (secondary N) is 3. The van der Waals surface area contributed by atoms with Crippen molar-refractivity contribution in [3.8, 4) is 0 Å². The van der Waals surface area contributed by atoms with Gasteiger partial charge in [0.1, 0.15) is 6.04 Å². The van der Waals surface area contributed by atoms with Crippen LogP contribution in [0.4, 0.5) is 4.79 Å². The molecule has 4 N–H and O–H groups in total. The Bertz CT molecular complexity index is 410. The number of rotatable bonds is 6. The summed E-state index contributed by atoms with van der Waals surface area (Å²) in [6, 6.07) is -1.27. The Morgan fingerprint density at radius 2 is 2.15 bits per heavy atom. The third-order valence-electron chi connectivity index (χ3n) is 3.14. The summed E-state index contributed by atoms with van der Waals surface area (Å²) in [6.45, 7) is 2.06. The fraction of sp³-hybridized carbons (Fsp3) is 0.667. The first-order chi connectivity index (χ1) is 9.42. The van der Waals surface area contributed by atoms with Crippen LogP contribution in [0.5, 0.6) is 0 Å². The van der Waals surface area contributed by atoms with Gasteiger partial charge in [-0.3, -0.25) is 19.7 Å². The molecular weight excluding hydrogens is 266 g/mol. The summed E-state index contributed by atoms with van der Waals surface area (Å²) in [5.41, 5.74) is 0. The molecular formula is C12H19N3O5. The summed E-state index contributed by atoms with van der Waals surface area (Å²) < 4.78 is 0. The van der Waals surface area contributed by atoms with Gasteiger partial charge in [0, 0.05) is 19.4 Å². The molecule has 0 radical (unpaired) electrons. The van der Waals surface area contributed by atoms with Crippen LogP contribution < -0.4 is 16.0 Å². The van der Waals surface area contributed by atoms with Crippen molar-refractivity contribution in [1.29, 1.82) is 0 Å². The maximum absolute atomic E-state index is 11.6. The van der Waals surface area contributed by atoms with E-state index in [1.165, 1.54) is 0 Å². The zero-order chi connectivity index (χ0) is 15.1. The first-order valence-corrected chi connectivity index (χ1v) is 6.52. The van der Waals surface area contributed by atoms with Gasteiger partial charge < -0.3 is 15.7 Å². The van der Waals surface area contributed by atoms with E-state index in [4.69, 9.17) is 5.11 Å². The molecule has 0 saturated carbocycles. The Kier molecular flexibility index (Phi) is 5.95. The highest BCUT2D eigenvalue weighted by molar-refractivity contribution is 6.01. The van der Waals surface area contributed by atoms with Gasteiger partial charge in [-0.1, -0.05) is 13.3 Å². The number of carboxylic acids is 1. The van der Waals surface area contributed by atoms with E-state index < -0.39 is 23.9 Å². The minimum Gasteiger partial charge on any atom is -0.481 e. The molecule has 2 unspecified atom stereocenters. The van der Waals surface area contributed by atoms with Gasteiger partial charge in [-0.05, 0) is 12.3 Å². The lowest BCUT2D eigenvalue weighted by atomic mass is 10.0. The second kappa shape index (κ2) is 7.46. The third kappa shape index (κ3) is 5.25. The molecule has 0 aromatic heterocycles. The van der Waals surface area contributed by atoms with Crippen LogP contribution in [-0.2, 0) is 14.4 Å². The molecule has 1 fully saturated rings. The first kappa shape index (κ1) is 15.9. The van der Waals surface area contributed by atoms with Crippen molar-refractivity contribution in [2.24, 2.45) is 5.92 Å². The predicted octanol–water partition coefficient (Wildman–Crippen LogP) is -0.408. The van der Waals surface area contributed by atoms with Crippen molar-refractivity contribution < 1.29 is 24.3 Å². The number of carboxylic acid groups (broad SMARTS) is 1. The molecule has 1 aliphatic rings. The van der Waals surface area contributed by atoms with Crippen molar-refractivity contribution in [2.45, 2.75) is 38.6 Å². The van der Waals surface area contributed by atoms with Crippen LogP contribution in [-0.4, -0.2) is 41.5 Å². The molecule has 20 heavy (non-hydrogen) atoms. The lowest BCUT2D eigenvalue weighted by Crippen LogP contribution is -2.54. The third-order valence-corrected chi connectivity index (χ3v) is 3.14. The van der Waals surface area contributed by atoms with Crippen molar-refractivity contribution in [3.63, 3.8) is 0 Å². The molecule has 8 heteroatoms. The van der Waals surface area contributed by atoms with Gasteiger partial charge in [0.15, 0.2) is 0 Å². The molecule has 8 nitrogen and oxygen atoms in total. The van der Waals surface area contributed by atoms with Crippen molar-refractivity contribution in [2.75, 3.05) is 6.54 Å². The average Bonchev–Trinajstić information content (AvgIpc) is 2.37. The van der Waals surface area contributed by atoms with Crippen LogP contribution in [0.2, 0.25) is 0 Å². The SMILES string of the molecule is CCC(CNC(=O)NC1CCC(=O)NC1=O)CC(=O)O. The molecule has 1 heterocycles. The maximum atomic E-state index is 11.6. The van der Waals surface area contributed by atoms with Crippen LogP contribution in [0, 0.1) is 5.92 Å². The zero-order valence-electron chi connectivity index (χ0n) is 11.3. The fourth-order valence-corrected chi connectivity index (χ4v) is 1.89. The van der Waals surface area contributed by atoms with Gasteiger partial charge in [-0.15, -0.1) is 0 Å². The Hall–Kier alpha value is -2.12. The predicted molar refractivity (Wildman–Crippen MR) is 68.7 cm³/mol. The number of urea groups is 1. The first-order valence-electron chi connectivity index (χ1n) is 6.52. The molecule has 0 bridgehead atoms. The molecule has 0 spiro atoms. The highest BCUT2D eigenvalue weighted by atomic mass is 16.4. The van der Waals surface area contributed by atoms with Crippen molar-refractivity contribution in [1.82, 2.24) is 16.0 Å². The molecule has 112 valence electrons. The summed E-state index contributed by atoms with van der Waals surface area (Å²) in [5, 5.41) is 15.8. The van der Waals surface area contributed by atoms with E-state index >= 15 is 0 Å². The average molecular weight is 285 g/mol. The van der Waals surface area contributed by atoms with E-state index in [0.717, 1.165) is 0 Å². The highest BCUT2D eigenvalue weighted by Crippen LogP contribution is 2.07. The topological polar surface area (TPSA) is 125 Å². The Labute approximate surface area is 116 Å². The number of piperidine rings is 1. The maximum Gasteiger partial charge on any atom is 0.315 e. The van der Waals surface area contributed by atoms with E-state index in [9.17, 15) is 19.2 Å².